The van der Waals surface area contributed by atoms with Gasteiger partial charge in [0.05, 0.1) is 0 Å². The van der Waals surface area contributed by atoms with Gasteiger partial charge in [-0.1, -0.05) is 97.9 Å². The second-order valence-electron chi connectivity index (χ2n) is 8.27. The molecule has 2 N–H and O–H groups in total. The molecule has 0 fully saturated rings. The first-order valence-corrected chi connectivity index (χ1v) is 13.1. The van der Waals surface area contributed by atoms with E-state index in [1.807, 2.05) is 42.0 Å². The van der Waals surface area contributed by atoms with E-state index in [0.29, 0.717) is 28.7 Å². The lowest BCUT2D eigenvalue weighted by Gasteiger charge is -2.14. The highest BCUT2D eigenvalue weighted by atomic mass is 32.2. The van der Waals surface area contributed by atoms with Crippen molar-refractivity contribution in [1.29, 1.82) is 0 Å². The van der Waals surface area contributed by atoms with E-state index in [1.165, 1.54) is 0 Å². The number of hydrogen-bond acceptors (Lipinski definition) is 5. The molecule has 4 aromatic rings. The van der Waals surface area contributed by atoms with E-state index in [0.717, 1.165) is 9.54 Å². The maximum absolute atomic E-state index is 13.6. The summed E-state index contributed by atoms with van der Waals surface area (Å²) >= 11 is 0. The second-order valence-corrected chi connectivity index (χ2v) is 9.79. The van der Waals surface area contributed by atoms with Crippen molar-refractivity contribution in [3.8, 4) is 11.1 Å². The van der Waals surface area contributed by atoms with Crippen LogP contribution in [0.2, 0.25) is 0 Å². The summed E-state index contributed by atoms with van der Waals surface area (Å²) < 4.78 is 34.9. The predicted molar refractivity (Wildman–Crippen MR) is 140 cm³/mol. The number of rotatable bonds is 9. The van der Waals surface area contributed by atoms with Crippen molar-refractivity contribution < 1.29 is 27.9 Å². The molecule has 4 rings (SSSR count). The number of ether oxygens (including phenoxy) is 1. The van der Waals surface area contributed by atoms with Crippen molar-refractivity contribution in [2.45, 2.75) is 26.4 Å². The highest BCUT2D eigenvalue weighted by molar-refractivity contribution is 7.88. The number of hydrogen-bond donors (Lipinski definition) is 2. The van der Waals surface area contributed by atoms with Crippen LogP contribution in [0.1, 0.15) is 39.8 Å². The van der Waals surface area contributed by atoms with Gasteiger partial charge in [-0.25, -0.2) is 18.3 Å². The Morgan fingerprint density at radius 3 is 1.95 bits per heavy atom. The van der Waals surface area contributed by atoms with Crippen molar-refractivity contribution >= 4 is 22.3 Å². The summed E-state index contributed by atoms with van der Waals surface area (Å²) in [6, 6.07) is 26.7. The van der Waals surface area contributed by atoms with E-state index in [-0.39, 0.29) is 18.7 Å². The maximum Gasteiger partial charge on any atom is 0.422 e. The third kappa shape index (κ3) is 5.73. The minimum absolute atomic E-state index is 0.136. The molecule has 0 spiro atoms. The molecule has 0 aliphatic rings. The number of carboxylic acids is 1. The van der Waals surface area contributed by atoms with Crippen LogP contribution < -0.4 is 4.72 Å². The fraction of sp³-hybridized carbons (Fsp3) is 0.143. The van der Waals surface area contributed by atoms with Crippen LogP contribution in [0, 0.1) is 0 Å². The molecule has 0 aliphatic heterocycles. The Labute approximate surface area is 215 Å². The number of aromatic nitrogens is 1. The minimum atomic E-state index is -4.70. The molecule has 0 bridgehead atoms. The zero-order chi connectivity index (χ0) is 26.4. The van der Waals surface area contributed by atoms with Crippen LogP contribution in [0.3, 0.4) is 0 Å². The Morgan fingerprint density at radius 1 is 0.865 bits per heavy atom. The van der Waals surface area contributed by atoms with Crippen LogP contribution in [0.5, 0.6) is 0 Å². The molecule has 190 valence electrons. The lowest BCUT2D eigenvalue weighted by molar-refractivity contribution is 0.0689. The summed E-state index contributed by atoms with van der Waals surface area (Å²) in [7, 11) is -4.70. The zero-order valence-corrected chi connectivity index (χ0v) is 20.9. The van der Waals surface area contributed by atoms with E-state index in [4.69, 9.17) is 4.74 Å². The van der Waals surface area contributed by atoms with Gasteiger partial charge in [-0.2, -0.15) is 8.42 Å². The summed E-state index contributed by atoms with van der Waals surface area (Å²) in [5, 5.41) is 10.2. The minimum Gasteiger partial charge on any atom is -0.477 e. The lowest BCUT2D eigenvalue weighted by atomic mass is 9.96. The summed E-state index contributed by atoms with van der Waals surface area (Å²) in [5.74, 6) is -1.43. The van der Waals surface area contributed by atoms with Gasteiger partial charge in [-0.15, -0.1) is 0 Å². The van der Waals surface area contributed by atoms with E-state index < -0.39 is 28.0 Å². The first kappa shape index (κ1) is 25.7. The molecule has 1 heterocycles. The number of nitrogens with zero attached hydrogens (tertiary/aromatic N) is 1. The van der Waals surface area contributed by atoms with Gasteiger partial charge in [0.25, 0.3) is 0 Å². The first-order chi connectivity index (χ1) is 17.8. The molecule has 1 aromatic heterocycles. The first-order valence-electron chi connectivity index (χ1n) is 11.6. The number of carbonyl (C=O) groups excluding carboxylic acids is 1. The smallest absolute Gasteiger partial charge is 0.422 e. The van der Waals surface area contributed by atoms with Crippen molar-refractivity contribution in [1.82, 2.24) is 8.69 Å². The van der Waals surface area contributed by atoms with Gasteiger partial charge in [0.2, 0.25) is 0 Å². The van der Waals surface area contributed by atoms with Crippen LogP contribution >= 0.6 is 0 Å². The van der Waals surface area contributed by atoms with Gasteiger partial charge in [0.1, 0.15) is 6.61 Å². The van der Waals surface area contributed by atoms with Crippen LogP contribution in [0.15, 0.2) is 91.0 Å². The molecule has 0 unspecified atom stereocenters. The molecule has 9 heteroatoms. The van der Waals surface area contributed by atoms with Crippen LogP contribution in [0.4, 0.5) is 4.79 Å². The predicted octanol–water partition coefficient (Wildman–Crippen LogP) is 5.03. The number of carboxylic acid groups (broad SMARTS) is 1. The standard InChI is InChI=1S/C28H26N2O6S/c1-2-23-24(18-20-12-6-3-7-13-20)30(26(27(31)32)25(23)22-16-10-5-11-17-22)37(34,35)29-28(33)36-19-21-14-8-4-9-15-21/h3-17H,2,18-19H2,1H3,(H,29,33)(H,31,32). The average Bonchev–Trinajstić information content (AvgIpc) is 3.24. The van der Waals surface area contributed by atoms with Crippen molar-refractivity contribution in [2.75, 3.05) is 0 Å². The zero-order valence-electron chi connectivity index (χ0n) is 20.1. The molecular weight excluding hydrogens is 492 g/mol. The molecule has 8 nitrogen and oxygen atoms in total. The van der Waals surface area contributed by atoms with E-state index in [9.17, 15) is 23.1 Å². The van der Waals surface area contributed by atoms with Crippen molar-refractivity contribution in [3.63, 3.8) is 0 Å². The molecule has 0 radical (unpaired) electrons. The van der Waals surface area contributed by atoms with E-state index in [2.05, 4.69) is 0 Å². The van der Waals surface area contributed by atoms with E-state index in [1.54, 1.807) is 60.7 Å². The lowest BCUT2D eigenvalue weighted by Crippen LogP contribution is -2.37. The van der Waals surface area contributed by atoms with Gasteiger partial charge in [0.15, 0.2) is 5.69 Å². The Hall–Kier alpha value is -4.37. The topological polar surface area (TPSA) is 115 Å². The Kier molecular flexibility index (Phi) is 7.74. The number of benzene rings is 3. The van der Waals surface area contributed by atoms with Gasteiger partial charge < -0.3 is 9.84 Å². The van der Waals surface area contributed by atoms with Crippen LogP contribution in [-0.2, 0) is 34.4 Å². The molecule has 0 saturated heterocycles. The maximum atomic E-state index is 13.6. The largest absolute Gasteiger partial charge is 0.477 e. The Morgan fingerprint density at radius 2 is 1.41 bits per heavy atom. The molecule has 37 heavy (non-hydrogen) atoms. The fourth-order valence-corrected chi connectivity index (χ4v) is 5.51. The summed E-state index contributed by atoms with van der Waals surface area (Å²) in [4.78, 5) is 25.1. The van der Waals surface area contributed by atoms with Gasteiger partial charge >= 0.3 is 22.3 Å². The number of aromatic carboxylic acids is 1. The van der Waals surface area contributed by atoms with E-state index >= 15 is 0 Å². The average molecular weight is 519 g/mol. The molecule has 0 aliphatic carbocycles. The van der Waals surface area contributed by atoms with Crippen LogP contribution in [-0.4, -0.2) is 29.6 Å². The van der Waals surface area contributed by atoms with Gasteiger partial charge in [0, 0.05) is 17.7 Å². The quantitative estimate of drug-likeness (QED) is 0.321. The van der Waals surface area contributed by atoms with Crippen molar-refractivity contribution in [2.24, 2.45) is 0 Å². The van der Waals surface area contributed by atoms with Gasteiger partial charge in [-0.3, -0.25) is 0 Å². The molecule has 3 aromatic carbocycles. The fourth-order valence-electron chi connectivity index (χ4n) is 4.27. The van der Waals surface area contributed by atoms with Gasteiger partial charge in [-0.05, 0) is 28.7 Å². The van der Waals surface area contributed by atoms with Crippen LogP contribution in [0.25, 0.3) is 11.1 Å². The summed E-state index contributed by atoms with van der Waals surface area (Å²) in [6.45, 7) is 1.69. The number of carbonyl (C=O) groups is 2. The highest BCUT2D eigenvalue weighted by Gasteiger charge is 2.34. The number of nitrogens with one attached hydrogen (secondary N) is 1. The monoisotopic (exact) mass is 518 g/mol. The summed E-state index contributed by atoms with van der Waals surface area (Å²) in [6.07, 6.45) is -0.705. The number of amides is 1. The molecule has 1 amide bonds. The summed E-state index contributed by atoms with van der Waals surface area (Å²) in [5.41, 5.74) is 2.69. The molecule has 0 saturated carbocycles. The molecular formula is C28H26N2O6S. The third-order valence-corrected chi connectivity index (χ3v) is 7.14. The second kappa shape index (κ2) is 11.1. The SMILES string of the molecule is CCc1c(-c2ccccc2)c(C(=O)O)n(S(=O)(=O)NC(=O)OCc2ccccc2)c1Cc1ccccc1. The third-order valence-electron chi connectivity index (χ3n) is 5.83. The highest BCUT2D eigenvalue weighted by Crippen LogP contribution is 2.35. The normalized spacial score (nSPS) is 11.2. The Bertz CT molecular complexity index is 1500. The molecule has 0 atom stereocenters. The Balaban J connectivity index is 1.83. The van der Waals surface area contributed by atoms with Crippen molar-refractivity contribution in [3.05, 3.63) is 119 Å².